The van der Waals surface area contributed by atoms with E-state index in [-0.39, 0.29) is 19.4 Å². The zero-order chi connectivity index (χ0) is 29.6. The minimum atomic E-state index is -3.95. The molecule has 0 aromatic carbocycles. The minimum Gasteiger partial charge on any atom is -0.447 e. The van der Waals surface area contributed by atoms with Crippen LogP contribution in [0.4, 0.5) is 4.79 Å². The Labute approximate surface area is 230 Å². The Balaban J connectivity index is 1.80. The number of rotatable bonds is 10. The van der Waals surface area contributed by atoms with Gasteiger partial charge >= 0.3 is 6.09 Å². The van der Waals surface area contributed by atoms with Crippen molar-refractivity contribution in [2.45, 2.75) is 108 Å². The highest BCUT2D eigenvalue weighted by Crippen LogP contribution is 2.48. The van der Waals surface area contributed by atoms with Crippen molar-refractivity contribution in [1.82, 2.24) is 20.3 Å². The van der Waals surface area contributed by atoms with E-state index < -0.39 is 79.7 Å². The summed E-state index contributed by atoms with van der Waals surface area (Å²) in [6.07, 6.45) is 0.619. The van der Waals surface area contributed by atoms with Gasteiger partial charge < -0.3 is 25.4 Å². The molecule has 2 aliphatic carbocycles. The van der Waals surface area contributed by atoms with E-state index in [1.165, 1.54) is 11.0 Å². The van der Waals surface area contributed by atoms with Gasteiger partial charge in [-0.15, -0.1) is 6.58 Å². The summed E-state index contributed by atoms with van der Waals surface area (Å²) >= 11 is 0. The van der Waals surface area contributed by atoms with Crippen molar-refractivity contribution in [1.29, 1.82) is 0 Å². The molecule has 0 aromatic heterocycles. The van der Waals surface area contributed by atoms with E-state index in [1.54, 1.807) is 41.5 Å². The minimum absolute atomic E-state index is 0.0847. The number of sulfonamides is 1. The van der Waals surface area contributed by atoms with Crippen LogP contribution in [0.2, 0.25) is 0 Å². The van der Waals surface area contributed by atoms with E-state index in [9.17, 15) is 32.7 Å². The predicted octanol–water partition coefficient (Wildman–Crippen LogP) is 0.947. The van der Waals surface area contributed by atoms with Crippen LogP contribution in [0.15, 0.2) is 12.7 Å². The first-order chi connectivity index (χ1) is 17.9. The molecule has 0 aromatic rings. The van der Waals surface area contributed by atoms with E-state index >= 15 is 0 Å². The quantitative estimate of drug-likeness (QED) is 0.281. The zero-order valence-corrected chi connectivity index (χ0v) is 24.4. The van der Waals surface area contributed by atoms with E-state index in [0.29, 0.717) is 19.3 Å². The molecule has 2 saturated carbocycles. The maximum absolute atomic E-state index is 13.6. The second-order valence-electron chi connectivity index (χ2n) is 12.3. The number of amides is 4. The van der Waals surface area contributed by atoms with Gasteiger partial charge in [0, 0.05) is 18.9 Å². The Hall–Kier alpha value is -2.67. The van der Waals surface area contributed by atoms with Crippen LogP contribution in [0.25, 0.3) is 0 Å². The second kappa shape index (κ2) is 10.7. The number of nitrogens with zero attached hydrogens (tertiary/aromatic N) is 1. The topological polar surface area (TPSA) is 171 Å². The first kappa shape index (κ1) is 30.9. The fraction of sp³-hybridized carbons (Fsp3) is 0.769. The van der Waals surface area contributed by atoms with Gasteiger partial charge in [-0.1, -0.05) is 33.8 Å². The summed E-state index contributed by atoms with van der Waals surface area (Å²) < 4.78 is 32.1. The third-order valence-corrected chi connectivity index (χ3v) is 10.2. The average molecular weight is 571 g/mol. The lowest BCUT2D eigenvalue weighted by Gasteiger charge is -2.35. The molecule has 0 spiro atoms. The van der Waals surface area contributed by atoms with Gasteiger partial charge in [-0.25, -0.2) is 13.2 Å². The molecule has 39 heavy (non-hydrogen) atoms. The van der Waals surface area contributed by atoms with Gasteiger partial charge in [-0.3, -0.25) is 19.1 Å². The van der Waals surface area contributed by atoms with E-state index in [2.05, 4.69) is 21.9 Å². The Morgan fingerprint density at radius 1 is 1.21 bits per heavy atom. The number of hydrogen-bond acceptors (Lipinski definition) is 8. The number of ether oxygens (including phenoxy) is 1. The summed E-state index contributed by atoms with van der Waals surface area (Å²) in [6.45, 7) is 13.9. The summed E-state index contributed by atoms with van der Waals surface area (Å²) in [7, 11) is -3.95. The van der Waals surface area contributed by atoms with E-state index in [0.717, 1.165) is 0 Å². The third kappa shape index (κ3) is 6.24. The number of likely N-dealkylation sites (tertiary alicyclic amines) is 1. The fourth-order valence-electron chi connectivity index (χ4n) is 5.10. The van der Waals surface area contributed by atoms with E-state index in [4.69, 9.17) is 4.74 Å². The van der Waals surface area contributed by atoms with Crippen LogP contribution in [0.3, 0.4) is 0 Å². The maximum atomic E-state index is 13.6. The molecule has 4 amide bonds. The smallest absolute Gasteiger partial charge is 0.408 e. The summed E-state index contributed by atoms with van der Waals surface area (Å²) in [5, 5.41) is 15.6. The van der Waals surface area contributed by atoms with Crippen molar-refractivity contribution in [2.75, 3.05) is 6.54 Å². The highest BCUT2D eigenvalue weighted by Gasteiger charge is 2.63. The Morgan fingerprint density at radius 2 is 1.82 bits per heavy atom. The largest absolute Gasteiger partial charge is 0.447 e. The van der Waals surface area contributed by atoms with Crippen LogP contribution in [-0.4, -0.2) is 83.4 Å². The van der Waals surface area contributed by atoms with Gasteiger partial charge in [0.15, 0.2) is 0 Å². The second-order valence-corrected chi connectivity index (χ2v) is 14.3. The van der Waals surface area contributed by atoms with Crippen LogP contribution in [0.1, 0.15) is 73.6 Å². The lowest BCUT2D eigenvalue weighted by Crippen LogP contribution is -2.60. The van der Waals surface area contributed by atoms with Gasteiger partial charge in [0.25, 0.3) is 5.91 Å². The predicted molar refractivity (Wildman–Crippen MR) is 143 cm³/mol. The third-order valence-electron chi connectivity index (χ3n) is 7.88. The zero-order valence-electron chi connectivity index (χ0n) is 23.6. The fourth-order valence-corrected chi connectivity index (χ4v) is 6.76. The van der Waals surface area contributed by atoms with Crippen molar-refractivity contribution in [3.8, 4) is 0 Å². The highest BCUT2D eigenvalue weighted by molar-refractivity contribution is 7.91. The molecule has 4 N–H and O–H groups in total. The highest BCUT2D eigenvalue weighted by atomic mass is 32.2. The van der Waals surface area contributed by atoms with Gasteiger partial charge in [0.2, 0.25) is 21.8 Å². The molecule has 1 aliphatic heterocycles. The number of nitrogens with one attached hydrogen (secondary N) is 3. The molecule has 12 nitrogen and oxygen atoms in total. The molecule has 13 heteroatoms. The van der Waals surface area contributed by atoms with Crippen molar-refractivity contribution >= 4 is 33.8 Å². The van der Waals surface area contributed by atoms with Crippen molar-refractivity contribution in [3.63, 3.8) is 0 Å². The van der Waals surface area contributed by atoms with Crippen molar-refractivity contribution in [3.05, 3.63) is 12.7 Å². The molecule has 1 unspecified atom stereocenters. The van der Waals surface area contributed by atoms with Gasteiger partial charge in [-0.05, 0) is 44.9 Å². The maximum Gasteiger partial charge on any atom is 0.408 e. The molecule has 0 radical (unpaired) electrons. The lowest BCUT2D eigenvalue weighted by molar-refractivity contribution is -0.143. The van der Waals surface area contributed by atoms with Crippen LogP contribution in [0.5, 0.6) is 0 Å². The molecule has 220 valence electrons. The van der Waals surface area contributed by atoms with Crippen molar-refractivity contribution < 1.29 is 37.4 Å². The molecule has 3 aliphatic rings. The SMILES string of the molecule is C=C[C@@H]1C[C@]1(NC(=O)[C@@H]1CC(O)CN1C(=O)[C@@H](NC(=O)OC(C)C)C(C)(C)C)C(=O)NS(=O)(=O)C1(CC)CC1. The number of aliphatic hydroxyl groups is 1. The molecule has 1 heterocycles. The average Bonchev–Trinajstić information content (AvgIpc) is 3.71. The molecule has 0 bridgehead atoms. The van der Waals surface area contributed by atoms with Crippen LogP contribution in [0, 0.1) is 11.3 Å². The number of alkyl carbamates (subject to hydrolysis) is 1. The monoisotopic (exact) mass is 570 g/mol. The van der Waals surface area contributed by atoms with Crippen LogP contribution < -0.4 is 15.4 Å². The Bertz CT molecular complexity index is 1130. The number of hydrogen-bond donors (Lipinski definition) is 4. The standard InChI is InChI=1S/C26H42N4O8S/c1-8-16-13-26(16,22(34)29-39(36,37)25(9-2)10-11-25)28-20(32)18-12-17(31)14-30(18)21(33)19(24(5,6)7)27-23(35)38-15(3)4/h8,15-19,31H,1,9-14H2,2-7H3,(H,27,35)(H,28,32)(H,29,34)/t16-,17?,18+,19-,26-/m1/s1. The molecular weight excluding hydrogens is 528 g/mol. The Morgan fingerprint density at radius 3 is 2.28 bits per heavy atom. The van der Waals surface area contributed by atoms with Gasteiger partial charge in [0.1, 0.15) is 17.6 Å². The number of carbonyl (C=O) groups is 4. The Kier molecular flexibility index (Phi) is 8.48. The summed E-state index contributed by atoms with van der Waals surface area (Å²) in [4.78, 5) is 53.9. The van der Waals surface area contributed by atoms with Gasteiger partial charge in [0.05, 0.1) is 17.0 Å². The summed E-state index contributed by atoms with van der Waals surface area (Å²) in [5.41, 5.74) is -2.29. The molecule has 1 saturated heterocycles. The van der Waals surface area contributed by atoms with Crippen molar-refractivity contribution in [2.24, 2.45) is 11.3 Å². The van der Waals surface area contributed by atoms with Crippen LogP contribution in [-0.2, 0) is 29.1 Å². The first-order valence-corrected chi connectivity index (χ1v) is 14.9. The summed E-state index contributed by atoms with van der Waals surface area (Å²) in [5.74, 6) is -2.64. The first-order valence-electron chi connectivity index (χ1n) is 13.4. The van der Waals surface area contributed by atoms with E-state index in [1.807, 2.05) is 0 Å². The number of β-amino-alcohol motifs (C(OH)–C–C–N with tert-alkyl or cyclic N) is 1. The van der Waals surface area contributed by atoms with Gasteiger partial charge in [-0.2, -0.15) is 0 Å². The lowest BCUT2D eigenvalue weighted by atomic mass is 9.85. The molecule has 5 atom stereocenters. The number of carbonyl (C=O) groups excluding carboxylic acids is 4. The molecule has 3 fully saturated rings. The summed E-state index contributed by atoms with van der Waals surface area (Å²) in [6, 6.07) is -2.21. The molecule has 3 rings (SSSR count). The van der Waals surface area contributed by atoms with Crippen LogP contribution >= 0.6 is 0 Å². The molecular formula is C26H42N4O8S. The normalized spacial score (nSPS) is 28.3. The number of aliphatic hydroxyl groups excluding tert-OH is 1.